The Bertz CT molecular complexity index is 979. The number of hydrogen-bond donors (Lipinski definition) is 1. The van der Waals surface area contributed by atoms with Crippen LogP contribution in [0.4, 0.5) is 0 Å². The smallest absolute Gasteiger partial charge is 0.362 e. The van der Waals surface area contributed by atoms with E-state index in [1.807, 2.05) is 27.2 Å². The monoisotopic (exact) mass is 719 g/mol. The summed E-state index contributed by atoms with van der Waals surface area (Å²) in [5.41, 5.74) is 0. The molecule has 0 bridgehead atoms. The molecule has 0 aliphatic carbocycles. The maximum Gasteiger partial charge on any atom is 0.362 e. The number of carboxylic acid groups (broad SMARTS) is 1. The molecule has 0 aliphatic heterocycles. The average molecular weight is 719 g/mol. The minimum absolute atomic E-state index is 0.0473. The van der Waals surface area contributed by atoms with Crippen LogP contribution in [0, 0.1) is 0 Å². The summed E-state index contributed by atoms with van der Waals surface area (Å²) in [4.78, 5) is 36.8. The first-order valence-corrected chi connectivity index (χ1v) is 20.2. The second-order valence-corrected chi connectivity index (χ2v) is 14.6. The molecule has 0 aliphatic rings. The van der Waals surface area contributed by atoms with Crippen molar-refractivity contribution in [3.05, 3.63) is 48.6 Å². The molecule has 0 saturated heterocycles. The van der Waals surface area contributed by atoms with Crippen LogP contribution in [0.25, 0.3) is 0 Å². The summed E-state index contributed by atoms with van der Waals surface area (Å²) in [6.07, 6.45) is 38.7. The summed E-state index contributed by atoms with van der Waals surface area (Å²) in [5, 5.41) is 9.59. The SMILES string of the molecule is CC/C=C/C=C/C=C/CCCCCCCC(=O)OCC(COCCC(C(=O)O)[N+](C)(C)C)OC(=O)CCCCC/C=C/CCCCCCCCC. The number of carboxylic acids is 1. The number of ether oxygens (including phenoxy) is 3. The maximum absolute atomic E-state index is 12.7. The van der Waals surface area contributed by atoms with E-state index in [0.717, 1.165) is 77.0 Å². The predicted molar refractivity (Wildman–Crippen MR) is 211 cm³/mol. The van der Waals surface area contributed by atoms with Crippen LogP contribution in [0.1, 0.15) is 155 Å². The van der Waals surface area contributed by atoms with Gasteiger partial charge in [-0.2, -0.15) is 0 Å². The molecule has 0 rings (SSSR count). The lowest BCUT2D eigenvalue weighted by Gasteiger charge is -2.31. The van der Waals surface area contributed by atoms with Crippen LogP contribution in [0.15, 0.2) is 48.6 Å². The molecular weight excluding hydrogens is 642 g/mol. The summed E-state index contributed by atoms with van der Waals surface area (Å²) in [6.45, 7) is 4.54. The normalized spacial score (nSPS) is 13.5. The zero-order valence-corrected chi connectivity index (χ0v) is 33.3. The van der Waals surface area contributed by atoms with Gasteiger partial charge in [0.2, 0.25) is 0 Å². The zero-order chi connectivity index (χ0) is 37.8. The number of rotatable bonds is 35. The fourth-order valence-corrected chi connectivity index (χ4v) is 5.61. The van der Waals surface area contributed by atoms with Gasteiger partial charge in [0.1, 0.15) is 6.61 Å². The second kappa shape index (κ2) is 34.4. The third kappa shape index (κ3) is 32.9. The van der Waals surface area contributed by atoms with Gasteiger partial charge in [-0.05, 0) is 57.8 Å². The quantitative estimate of drug-likeness (QED) is 0.0229. The fraction of sp³-hybridized carbons (Fsp3) is 0.744. The number of likely N-dealkylation sites (N-methyl/N-ethyl adjacent to an activating group) is 1. The number of esters is 2. The average Bonchev–Trinajstić information content (AvgIpc) is 3.08. The van der Waals surface area contributed by atoms with Crippen molar-refractivity contribution in [1.29, 1.82) is 0 Å². The highest BCUT2D eigenvalue weighted by molar-refractivity contribution is 5.72. The molecule has 8 heteroatoms. The van der Waals surface area contributed by atoms with Gasteiger partial charge in [-0.15, -0.1) is 0 Å². The Morgan fingerprint density at radius 2 is 1.12 bits per heavy atom. The van der Waals surface area contributed by atoms with Crippen LogP contribution in [-0.2, 0) is 28.6 Å². The van der Waals surface area contributed by atoms with Gasteiger partial charge in [-0.1, -0.05) is 127 Å². The fourth-order valence-electron chi connectivity index (χ4n) is 5.61. The van der Waals surface area contributed by atoms with Crippen molar-refractivity contribution >= 4 is 17.9 Å². The molecule has 0 heterocycles. The second-order valence-electron chi connectivity index (χ2n) is 14.6. The largest absolute Gasteiger partial charge is 0.477 e. The van der Waals surface area contributed by atoms with Crippen LogP contribution in [0.2, 0.25) is 0 Å². The molecule has 8 nitrogen and oxygen atoms in total. The van der Waals surface area contributed by atoms with Gasteiger partial charge in [0, 0.05) is 19.3 Å². The molecule has 0 spiro atoms. The zero-order valence-electron chi connectivity index (χ0n) is 33.3. The van der Waals surface area contributed by atoms with Crippen LogP contribution in [0.5, 0.6) is 0 Å². The number of carbonyl (C=O) groups excluding carboxylic acids is 2. The van der Waals surface area contributed by atoms with E-state index in [0.29, 0.717) is 19.3 Å². The first kappa shape index (κ1) is 48.3. The highest BCUT2D eigenvalue weighted by atomic mass is 16.6. The lowest BCUT2D eigenvalue weighted by molar-refractivity contribution is -0.887. The number of unbranched alkanes of at least 4 members (excludes halogenated alkanes) is 15. The minimum Gasteiger partial charge on any atom is -0.477 e. The highest BCUT2D eigenvalue weighted by Gasteiger charge is 2.31. The van der Waals surface area contributed by atoms with E-state index in [-0.39, 0.29) is 36.2 Å². The number of allylic oxidation sites excluding steroid dienone is 8. The third-order valence-corrected chi connectivity index (χ3v) is 8.77. The summed E-state index contributed by atoms with van der Waals surface area (Å²) in [6, 6.07) is -0.620. The number of quaternary nitrogens is 1. The van der Waals surface area contributed by atoms with Gasteiger partial charge in [0.05, 0.1) is 34.4 Å². The Balaban J connectivity index is 4.46. The van der Waals surface area contributed by atoms with Crippen molar-refractivity contribution in [2.24, 2.45) is 0 Å². The Labute approximate surface area is 312 Å². The van der Waals surface area contributed by atoms with Crippen molar-refractivity contribution in [1.82, 2.24) is 0 Å². The van der Waals surface area contributed by atoms with Crippen molar-refractivity contribution in [3.63, 3.8) is 0 Å². The predicted octanol–water partition coefficient (Wildman–Crippen LogP) is 10.5. The molecule has 0 saturated carbocycles. The standard InChI is InChI=1S/C43H75NO7/c1-6-8-10-12-14-16-18-20-22-24-26-28-30-32-34-42(46)51-39(37-49-36-35-40(43(47)48)44(3,4)5)38-50-41(45)33-31-29-27-25-23-21-19-17-15-13-11-9-7-2/h9,11,13,15,17,19,22,24,39-40H,6-8,10,12,14,16,18,20-21,23,25-38H2,1-5H3/p+1/b11-9+,15-13+,19-17+,24-22+. The molecule has 0 fully saturated rings. The summed E-state index contributed by atoms with van der Waals surface area (Å²) in [5.74, 6) is -1.52. The van der Waals surface area contributed by atoms with Crippen LogP contribution >= 0.6 is 0 Å². The molecule has 0 aromatic rings. The molecule has 0 radical (unpaired) electrons. The van der Waals surface area contributed by atoms with Gasteiger partial charge >= 0.3 is 17.9 Å². The number of hydrogen-bond acceptors (Lipinski definition) is 6. The molecule has 0 aromatic carbocycles. The van der Waals surface area contributed by atoms with Crippen LogP contribution in [0.3, 0.4) is 0 Å². The van der Waals surface area contributed by atoms with E-state index in [1.165, 1.54) is 44.9 Å². The number of carbonyl (C=O) groups is 3. The summed E-state index contributed by atoms with van der Waals surface area (Å²) >= 11 is 0. The third-order valence-electron chi connectivity index (χ3n) is 8.77. The minimum atomic E-state index is -0.882. The topological polar surface area (TPSA) is 99.1 Å². The highest BCUT2D eigenvalue weighted by Crippen LogP contribution is 2.13. The van der Waals surface area contributed by atoms with Gasteiger partial charge < -0.3 is 23.8 Å². The van der Waals surface area contributed by atoms with E-state index in [4.69, 9.17) is 14.2 Å². The molecule has 51 heavy (non-hydrogen) atoms. The van der Waals surface area contributed by atoms with E-state index < -0.39 is 18.1 Å². The van der Waals surface area contributed by atoms with Crippen molar-refractivity contribution in [2.75, 3.05) is 41.0 Å². The van der Waals surface area contributed by atoms with Crippen LogP contribution < -0.4 is 0 Å². The maximum atomic E-state index is 12.7. The summed E-state index contributed by atoms with van der Waals surface area (Å²) in [7, 11) is 5.50. The molecule has 294 valence electrons. The van der Waals surface area contributed by atoms with E-state index >= 15 is 0 Å². The van der Waals surface area contributed by atoms with Crippen LogP contribution in [-0.4, -0.2) is 80.6 Å². The Morgan fingerprint density at radius 3 is 1.69 bits per heavy atom. The number of aliphatic carboxylic acids is 1. The van der Waals surface area contributed by atoms with Crippen molar-refractivity contribution in [3.8, 4) is 0 Å². The lowest BCUT2D eigenvalue weighted by atomic mass is 10.1. The Kier molecular flexibility index (Phi) is 32.6. The molecule has 2 atom stereocenters. The first-order valence-electron chi connectivity index (χ1n) is 20.2. The Morgan fingerprint density at radius 1 is 0.608 bits per heavy atom. The molecule has 2 unspecified atom stereocenters. The van der Waals surface area contributed by atoms with Crippen molar-refractivity contribution in [2.45, 2.75) is 167 Å². The lowest BCUT2D eigenvalue weighted by Crippen LogP contribution is -2.50. The van der Waals surface area contributed by atoms with E-state index in [9.17, 15) is 19.5 Å². The molecule has 1 N–H and O–H groups in total. The summed E-state index contributed by atoms with van der Waals surface area (Å²) < 4.78 is 17.2. The van der Waals surface area contributed by atoms with Gasteiger partial charge in [-0.25, -0.2) is 4.79 Å². The van der Waals surface area contributed by atoms with Crippen molar-refractivity contribution < 1.29 is 38.2 Å². The van der Waals surface area contributed by atoms with Gasteiger partial charge in [0.15, 0.2) is 12.1 Å². The molecule has 0 amide bonds. The van der Waals surface area contributed by atoms with E-state index in [2.05, 4.69) is 56.4 Å². The molecular formula is C43H76NO7+. The van der Waals surface area contributed by atoms with E-state index in [1.54, 1.807) is 0 Å². The number of nitrogens with zero attached hydrogens (tertiary/aromatic N) is 1. The Hall–Kier alpha value is -2.71. The van der Waals surface area contributed by atoms with Gasteiger partial charge in [0.25, 0.3) is 0 Å². The van der Waals surface area contributed by atoms with Gasteiger partial charge in [-0.3, -0.25) is 9.59 Å². The molecule has 0 aromatic heterocycles. The first-order chi connectivity index (χ1) is 24.6.